The van der Waals surface area contributed by atoms with Crippen molar-refractivity contribution in [2.24, 2.45) is 5.92 Å². The van der Waals surface area contributed by atoms with Gasteiger partial charge in [-0.15, -0.1) is 0 Å². The fourth-order valence-electron chi connectivity index (χ4n) is 3.67. The first-order valence-electron chi connectivity index (χ1n) is 12.7. The topological polar surface area (TPSA) is 94.2 Å². The average molecular weight is 599 g/mol. The van der Waals surface area contributed by atoms with Crippen LogP contribution in [0.1, 0.15) is 25.8 Å². The van der Waals surface area contributed by atoms with Crippen LogP contribution in [-0.4, -0.2) is 55.2 Å². The smallest absolute Gasteiger partial charge is 0.410 e. The van der Waals surface area contributed by atoms with E-state index in [0.29, 0.717) is 11.3 Å². The highest BCUT2D eigenvalue weighted by Gasteiger charge is 2.35. The lowest BCUT2D eigenvalue weighted by Gasteiger charge is -2.29. The Hall–Kier alpha value is -4.42. The number of ether oxygens (including phenoxy) is 3. The zero-order valence-corrected chi connectivity index (χ0v) is 23.2. The Balaban J connectivity index is 2.43. The van der Waals surface area contributed by atoms with E-state index in [0.717, 1.165) is 4.90 Å². The van der Waals surface area contributed by atoms with E-state index in [2.05, 4.69) is 23.2 Å². The fourth-order valence-corrected chi connectivity index (χ4v) is 3.67. The van der Waals surface area contributed by atoms with Crippen molar-refractivity contribution in [3.05, 3.63) is 84.2 Å². The molecular weight excluding hydrogens is 567 g/mol. The Morgan fingerprint density at radius 2 is 1.45 bits per heavy atom. The molecule has 0 saturated carbocycles. The summed E-state index contributed by atoms with van der Waals surface area (Å²) in [7, 11) is 1.29. The number of benzene rings is 2. The van der Waals surface area contributed by atoms with Crippen LogP contribution in [0.15, 0.2) is 49.6 Å². The number of hydrogen-bond donors (Lipinski definition) is 1. The molecule has 2 atom stereocenters. The largest absolute Gasteiger partial charge is 0.490 e. The van der Waals surface area contributed by atoms with Crippen molar-refractivity contribution in [1.29, 1.82) is 0 Å². The summed E-state index contributed by atoms with van der Waals surface area (Å²) in [5.74, 6) is -15.7. The van der Waals surface area contributed by atoms with Crippen LogP contribution in [-0.2, 0) is 20.7 Å². The predicted octanol–water partition coefficient (Wildman–Crippen LogP) is 5.25. The van der Waals surface area contributed by atoms with Crippen molar-refractivity contribution in [2.45, 2.75) is 38.8 Å². The molecule has 0 fully saturated rings. The monoisotopic (exact) mass is 598 g/mol. The number of nitrogens with zero attached hydrogens (tertiary/aromatic N) is 1. The number of esters is 1. The van der Waals surface area contributed by atoms with Gasteiger partial charge in [-0.1, -0.05) is 51.3 Å². The lowest BCUT2D eigenvalue weighted by Crippen LogP contribution is -2.54. The van der Waals surface area contributed by atoms with Gasteiger partial charge in [0.05, 0.1) is 0 Å². The maximum absolute atomic E-state index is 14.3. The number of rotatable bonds is 14. The molecule has 0 heterocycles. The summed E-state index contributed by atoms with van der Waals surface area (Å²) in [6, 6.07) is 3.25. The van der Waals surface area contributed by atoms with Crippen molar-refractivity contribution < 1.29 is 50.5 Å². The SMILES string of the molecule is C=CCOC(=O)N(C)[C@H](CC(C)C)C(=O)N[C@H](Cc1ccc(OCC=C)cc1)C(=O)Oc1c(F)c(F)c(F)c(F)c1F. The van der Waals surface area contributed by atoms with Gasteiger partial charge in [0.1, 0.15) is 31.0 Å². The lowest BCUT2D eigenvalue weighted by atomic mass is 10.0. The molecule has 13 heteroatoms. The van der Waals surface area contributed by atoms with Crippen molar-refractivity contribution in [3.63, 3.8) is 0 Å². The summed E-state index contributed by atoms with van der Waals surface area (Å²) in [4.78, 5) is 39.9. The lowest BCUT2D eigenvalue weighted by molar-refractivity contribution is -0.140. The predicted molar refractivity (Wildman–Crippen MR) is 142 cm³/mol. The zero-order valence-electron chi connectivity index (χ0n) is 23.2. The third-order valence-electron chi connectivity index (χ3n) is 5.78. The highest BCUT2D eigenvalue weighted by molar-refractivity contribution is 5.90. The maximum atomic E-state index is 14.3. The van der Waals surface area contributed by atoms with Crippen LogP contribution in [0, 0.1) is 35.0 Å². The molecule has 2 aromatic rings. The molecule has 0 aliphatic rings. The van der Waals surface area contributed by atoms with Crippen molar-refractivity contribution in [3.8, 4) is 11.5 Å². The van der Waals surface area contributed by atoms with Crippen molar-refractivity contribution in [1.82, 2.24) is 10.2 Å². The molecule has 0 aliphatic heterocycles. The maximum Gasteiger partial charge on any atom is 0.410 e. The van der Waals surface area contributed by atoms with E-state index >= 15 is 0 Å². The van der Waals surface area contributed by atoms with Gasteiger partial charge in [0, 0.05) is 13.5 Å². The molecule has 2 rings (SSSR count). The second-order valence-electron chi connectivity index (χ2n) is 9.45. The van der Waals surface area contributed by atoms with Gasteiger partial charge in [0.15, 0.2) is 0 Å². The molecule has 0 aromatic heterocycles. The number of likely N-dealkylation sites (N-methyl/N-ethyl adjacent to an activating group) is 1. The number of amides is 2. The van der Waals surface area contributed by atoms with Crippen LogP contribution in [0.25, 0.3) is 0 Å². The Bertz CT molecular complexity index is 1270. The quantitative estimate of drug-likeness (QED) is 0.0798. The molecule has 0 bridgehead atoms. The Morgan fingerprint density at radius 3 is 1.98 bits per heavy atom. The molecule has 0 saturated heterocycles. The molecule has 1 N–H and O–H groups in total. The molecular formula is C29H31F5N2O6. The van der Waals surface area contributed by atoms with E-state index in [-0.39, 0.29) is 32.0 Å². The molecule has 8 nitrogen and oxygen atoms in total. The number of nitrogens with one attached hydrogen (secondary N) is 1. The minimum Gasteiger partial charge on any atom is -0.490 e. The van der Waals surface area contributed by atoms with E-state index in [1.165, 1.54) is 43.5 Å². The Labute approximate surface area is 239 Å². The minimum atomic E-state index is -2.43. The third-order valence-corrected chi connectivity index (χ3v) is 5.78. The summed E-state index contributed by atoms with van der Waals surface area (Å²) in [6.45, 7) is 10.6. The molecule has 0 unspecified atom stereocenters. The van der Waals surface area contributed by atoms with Gasteiger partial charge >= 0.3 is 12.1 Å². The summed E-state index contributed by atoms with van der Waals surface area (Å²) in [5, 5.41) is 2.38. The highest BCUT2D eigenvalue weighted by Crippen LogP contribution is 2.29. The first-order chi connectivity index (χ1) is 19.8. The number of hydrogen-bond acceptors (Lipinski definition) is 6. The van der Waals surface area contributed by atoms with E-state index < -0.39 is 64.9 Å². The van der Waals surface area contributed by atoms with Crippen LogP contribution >= 0.6 is 0 Å². The van der Waals surface area contributed by atoms with Gasteiger partial charge in [0.25, 0.3) is 0 Å². The third kappa shape index (κ3) is 8.79. The van der Waals surface area contributed by atoms with Crippen LogP contribution in [0.4, 0.5) is 26.7 Å². The molecule has 2 aromatic carbocycles. The summed E-state index contributed by atoms with van der Waals surface area (Å²) < 4.78 is 84.4. The van der Waals surface area contributed by atoms with Crippen LogP contribution in [0.3, 0.4) is 0 Å². The molecule has 42 heavy (non-hydrogen) atoms. The first-order valence-corrected chi connectivity index (χ1v) is 12.7. The van der Waals surface area contributed by atoms with Crippen LogP contribution in [0.2, 0.25) is 0 Å². The molecule has 228 valence electrons. The summed E-state index contributed by atoms with van der Waals surface area (Å²) in [5.41, 5.74) is 0.403. The number of carbonyl (C=O) groups is 3. The fraction of sp³-hybridized carbons (Fsp3) is 0.345. The number of halogens is 5. The Morgan fingerprint density at radius 1 is 0.905 bits per heavy atom. The standard InChI is InChI=1S/C29H31F5N2O6/c1-6-12-40-18-10-8-17(9-11-18)15-19(28(38)42-26-24(33)22(31)21(30)23(32)25(26)34)35-27(37)20(14-16(3)4)36(5)29(39)41-13-7-2/h6-11,16,19-20H,1-2,12-15H2,3-5H3,(H,35,37)/t19-,20-/m1/s1. The van der Waals surface area contributed by atoms with Crippen molar-refractivity contribution in [2.75, 3.05) is 20.3 Å². The first kappa shape index (κ1) is 33.8. The van der Waals surface area contributed by atoms with Gasteiger partial charge in [0.2, 0.25) is 40.7 Å². The van der Waals surface area contributed by atoms with E-state index in [1.807, 2.05) is 0 Å². The Kier molecular flexibility index (Phi) is 12.5. The normalized spacial score (nSPS) is 12.2. The molecule has 0 spiro atoms. The van der Waals surface area contributed by atoms with Crippen molar-refractivity contribution >= 4 is 18.0 Å². The van der Waals surface area contributed by atoms with Crippen LogP contribution in [0.5, 0.6) is 11.5 Å². The highest BCUT2D eigenvalue weighted by atomic mass is 19.2. The van der Waals surface area contributed by atoms with Gasteiger partial charge in [-0.2, -0.15) is 8.78 Å². The van der Waals surface area contributed by atoms with Gasteiger partial charge in [-0.25, -0.2) is 22.8 Å². The average Bonchev–Trinajstić information content (AvgIpc) is 2.97. The molecule has 2 amide bonds. The second-order valence-corrected chi connectivity index (χ2v) is 9.45. The van der Waals surface area contributed by atoms with E-state index in [9.17, 15) is 36.3 Å². The van der Waals surface area contributed by atoms with Gasteiger partial charge in [-0.05, 0) is 30.0 Å². The number of carbonyl (C=O) groups excluding carboxylic acids is 3. The summed E-state index contributed by atoms with van der Waals surface area (Å²) >= 11 is 0. The zero-order chi connectivity index (χ0) is 31.6. The van der Waals surface area contributed by atoms with E-state index in [1.54, 1.807) is 13.8 Å². The second kappa shape index (κ2) is 15.5. The van der Waals surface area contributed by atoms with Gasteiger partial charge in [-0.3, -0.25) is 9.69 Å². The minimum absolute atomic E-state index is 0.111. The van der Waals surface area contributed by atoms with Crippen LogP contribution < -0.4 is 14.8 Å². The summed E-state index contributed by atoms with van der Waals surface area (Å²) in [6.07, 6.45) is 1.75. The molecule has 0 radical (unpaired) electrons. The molecule has 0 aliphatic carbocycles. The van der Waals surface area contributed by atoms with E-state index in [4.69, 9.17) is 9.47 Å². The van der Waals surface area contributed by atoms with Gasteiger partial charge < -0.3 is 19.5 Å².